The third kappa shape index (κ3) is 4.21. The molecule has 0 heterocycles. The van der Waals surface area contributed by atoms with E-state index in [9.17, 15) is 13.2 Å². The number of carbonyl (C=O) groups is 1. The number of nitrogens with zero attached hydrogens (tertiary/aromatic N) is 1. The fourth-order valence-corrected chi connectivity index (χ4v) is 4.77. The Morgan fingerprint density at radius 3 is 2.24 bits per heavy atom. The van der Waals surface area contributed by atoms with Crippen molar-refractivity contribution < 1.29 is 13.2 Å². The van der Waals surface area contributed by atoms with Crippen LogP contribution in [-0.4, -0.2) is 32.7 Å². The molecule has 136 valence electrons. The van der Waals surface area contributed by atoms with Gasteiger partial charge in [-0.25, -0.2) is 8.42 Å². The van der Waals surface area contributed by atoms with Crippen molar-refractivity contribution in [3.63, 3.8) is 0 Å². The number of benzene rings is 1. The van der Waals surface area contributed by atoms with Crippen molar-refractivity contribution in [3.05, 3.63) is 52.6 Å². The molecule has 0 spiro atoms. The zero-order valence-corrected chi connectivity index (χ0v) is 16.3. The predicted octanol–water partition coefficient (Wildman–Crippen LogP) is 3.96. The van der Waals surface area contributed by atoms with Gasteiger partial charge >= 0.3 is 0 Å². The Labute approximate surface area is 151 Å². The Kier molecular flexibility index (Phi) is 5.88. The van der Waals surface area contributed by atoms with E-state index in [1.165, 1.54) is 12.1 Å². The maximum Gasteiger partial charge on any atom is 0.210 e. The van der Waals surface area contributed by atoms with Crippen LogP contribution in [0.3, 0.4) is 0 Å². The van der Waals surface area contributed by atoms with Crippen molar-refractivity contribution >= 4 is 16.1 Å². The molecule has 0 aliphatic heterocycles. The summed E-state index contributed by atoms with van der Waals surface area (Å²) in [5.41, 5.74) is 1.61. The van der Waals surface area contributed by atoms with Gasteiger partial charge in [-0.1, -0.05) is 32.0 Å². The van der Waals surface area contributed by atoms with E-state index in [4.69, 9.17) is 0 Å². The van der Waals surface area contributed by atoms with Crippen molar-refractivity contribution in [1.82, 2.24) is 4.90 Å². The minimum Gasteiger partial charge on any atom is -0.375 e. The van der Waals surface area contributed by atoms with Crippen LogP contribution in [0, 0.1) is 5.41 Å². The van der Waals surface area contributed by atoms with Crippen LogP contribution in [0.5, 0.6) is 0 Å². The van der Waals surface area contributed by atoms with Gasteiger partial charge in [-0.15, -0.1) is 0 Å². The number of carbonyl (C=O) groups excluding carboxylic acids is 1. The molecule has 0 aromatic heterocycles. The fourth-order valence-electron chi connectivity index (χ4n) is 3.40. The number of rotatable bonds is 6. The van der Waals surface area contributed by atoms with Crippen LogP contribution in [-0.2, 0) is 14.6 Å². The molecular formula is C20H27NO3S. The minimum atomic E-state index is -3.82. The van der Waals surface area contributed by atoms with Gasteiger partial charge in [0.1, 0.15) is 4.91 Å². The van der Waals surface area contributed by atoms with Gasteiger partial charge in [-0.2, -0.15) is 0 Å². The lowest BCUT2D eigenvalue weighted by Gasteiger charge is -2.37. The summed E-state index contributed by atoms with van der Waals surface area (Å²) < 4.78 is 25.9. The van der Waals surface area contributed by atoms with Crippen molar-refractivity contribution in [3.8, 4) is 0 Å². The topological polar surface area (TPSA) is 54.5 Å². The molecule has 2 rings (SSSR count). The summed E-state index contributed by atoms with van der Waals surface area (Å²) >= 11 is 0. The van der Waals surface area contributed by atoms with Crippen LogP contribution in [0.25, 0.3) is 0 Å². The standard InChI is InChI=1S/C20H27NO3S/c1-5-21(6-2)17-12-16(13-20(3,4)14-17)19(15-22)25(23,24)18-10-8-7-9-11-18/h7-12,15H,5-6,13-14H2,1-4H3/b19-16-. The zero-order valence-electron chi connectivity index (χ0n) is 15.5. The fraction of sp³-hybridized carbons (Fsp3) is 0.450. The Morgan fingerprint density at radius 2 is 1.72 bits per heavy atom. The SMILES string of the molecule is CCN(CC)C1=C/C(=C(\C=O)S(=O)(=O)c2ccccc2)CC(C)(C)C1. The lowest BCUT2D eigenvalue weighted by atomic mass is 9.76. The van der Waals surface area contributed by atoms with E-state index in [0.717, 1.165) is 25.2 Å². The van der Waals surface area contributed by atoms with Crippen LogP contribution in [0.15, 0.2) is 57.5 Å². The van der Waals surface area contributed by atoms with Gasteiger partial charge in [-0.05, 0) is 55.9 Å². The van der Waals surface area contributed by atoms with Gasteiger partial charge in [0.2, 0.25) is 9.84 Å². The zero-order chi connectivity index (χ0) is 18.7. The highest BCUT2D eigenvalue weighted by molar-refractivity contribution is 7.96. The first-order valence-corrected chi connectivity index (χ1v) is 10.2. The summed E-state index contributed by atoms with van der Waals surface area (Å²) in [7, 11) is -3.82. The highest BCUT2D eigenvalue weighted by atomic mass is 32.2. The van der Waals surface area contributed by atoms with Crippen LogP contribution in [0.1, 0.15) is 40.5 Å². The van der Waals surface area contributed by atoms with Crippen molar-refractivity contribution in [1.29, 1.82) is 0 Å². The molecule has 0 N–H and O–H groups in total. The van der Waals surface area contributed by atoms with Gasteiger partial charge < -0.3 is 4.90 Å². The average molecular weight is 362 g/mol. The third-order valence-electron chi connectivity index (χ3n) is 4.61. The quantitative estimate of drug-likeness (QED) is 0.568. The highest BCUT2D eigenvalue weighted by Crippen LogP contribution is 2.41. The van der Waals surface area contributed by atoms with E-state index in [2.05, 4.69) is 32.6 Å². The summed E-state index contributed by atoms with van der Waals surface area (Å²) in [6.07, 6.45) is 3.84. The molecule has 0 radical (unpaired) electrons. The van der Waals surface area contributed by atoms with E-state index >= 15 is 0 Å². The second kappa shape index (κ2) is 7.56. The molecule has 0 unspecified atom stereocenters. The summed E-state index contributed by atoms with van der Waals surface area (Å²) in [5.74, 6) is 0. The Balaban J connectivity index is 2.63. The molecule has 1 aliphatic rings. The van der Waals surface area contributed by atoms with Crippen LogP contribution >= 0.6 is 0 Å². The Morgan fingerprint density at radius 1 is 1.12 bits per heavy atom. The van der Waals surface area contributed by atoms with E-state index in [1.54, 1.807) is 18.2 Å². The Hall–Kier alpha value is -1.88. The molecule has 0 saturated carbocycles. The summed E-state index contributed by atoms with van der Waals surface area (Å²) in [5, 5.41) is 0. The van der Waals surface area contributed by atoms with E-state index in [0.29, 0.717) is 18.3 Å². The van der Waals surface area contributed by atoms with Crippen LogP contribution < -0.4 is 0 Å². The lowest BCUT2D eigenvalue weighted by molar-refractivity contribution is -0.104. The molecular weight excluding hydrogens is 334 g/mol. The third-order valence-corrected chi connectivity index (χ3v) is 6.44. The van der Waals surface area contributed by atoms with Crippen molar-refractivity contribution in [2.75, 3.05) is 13.1 Å². The number of hydrogen-bond donors (Lipinski definition) is 0. The molecule has 0 bridgehead atoms. The normalized spacial score (nSPS) is 19.1. The lowest BCUT2D eigenvalue weighted by Crippen LogP contribution is -2.30. The maximum atomic E-state index is 13.0. The first kappa shape index (κ1) is 19.4. The smallest absolute Gasteiger partial charge is 0.210 e. The largest absolute Gasteiger partial charge is 0.375 e. The molecule has 5 heteroatoms. The predicted molar refractivity (Wildman–Crippen MR) is 101 cm³/mol. The average Bonchev–Trinajstić information content (AvgIpc) is 2.56. The molecule has 1 aliphatic carbocycles. The summed E-state index contributed by atoms with van der Waals surface area (Å²) in [4.78, 5) is 14.0. The molecule has 0 saturated heterocycles. The molecule has 4 nitrogen and oxygen atoms in total. The first-order chi connectivity index (χ1) is 11.7. The minimum absolute atomic E-state index is 0.0948. The molecule has 25 heavy (non-hydrogen) atoms. The molecule has 0 atom stereocenters. The van der Waals surface area contributed by atoms with Crippen molar-refractivity contribution in [2.45, 2.75) is 45.4 Å². The molecule has 0 amide bonds. The second-order valence-corrected chi connectivity index (χ2v) is 9.07. The number of allylic oxidation sites excluding steroid dienone is 4. The van der Waals surface area contributed by atoms with E-state index < -0.39 is 9.84 Å². The van der Waals surface area contributed by atoms with E-state index in [1.807, 2.05) is 6.08 Å². The van der Waals surface area contributed by atoms with Gasteiger partial charge in [0.05, 0.1) is 4.90 Å². The molecule has 1 aromatic carbocycles. The summed E-state index contributed by atoms with van der Waals surface area (Å²) in [6, 6.07) is 8.16. The second-order valence-electron chi connectivity index (χ2n) is 7.15. The van der Waals surface area contributed by atoms with Crippen LogP contribution in [0.4, 0.5) is 0 Å². The number of hydrogen-bond acceptors (Lipinski definition) is 4. The highest BCUT2D eigenvalue weighted by Gasteiger charge is 2.32. The number of sulfone groups is 1. The first-order valence-electron chi connectivity index (χ1n) is 8.69. The molecule has 0 fully saturated rings. The van der Waals surface area contributed by atoms with Gasteiger partial charge in [0, 0.05) is 18.8 Å². The van der Waals surface area contributed by atoms with Gasteiger partial charge in [-0.3, -0.25) is 4.79 Å². The number of aldehydes is 1. The Bertz CT molecular complexity index is 785. The van der Waals surface area contributed by atoms with Crippen LogP contribution in [0.2, 0.25) is 0 Å². The van der Waals surface area contributed by atoms with Gasteiger partial charge in [0.15, 0.2) is 6.29 Å². The monoisotopic (exact) mass is 361 g/mol. The van der Waals surface area contributed by atoms with Crippen molar-refractivity contribution in [2.24, 2.45) is 5.41 Å². The van der Waals surface area contributed by atoms with E-state index in [-0.39, 0.29) is 15.2 Å². The summed E-state index contributed by atoms with van der Waals surface area (Å²) in [6.45, 7) is 10.1. The maximum absolute atomic E-state index is 13.0. The van der Waals surface area contributed by atoms with Gasteiger partial charge in [0.25, 0.3) is 0 Å². The molecule has 1 aromatic rings.